The third-order valence-electron chi connectivity index (χ3n) is 3.74. The lowest BCUT2D eigenvalue weighted by Crippen LogP contribution is -2.11. The molecule has 1 atom stereocenters. The Morgan fingerprint density at radius 1 is 0.889 bits per heavy atom. The van der Waals surface area contributed by atoms with Gasteiger partial charge in [-0.3, -0.25) is 0 Å². The van der Waals surface area contributed by atoms with Gasteiger partial charge in [-0.05, 0) is 35.4 Å². The molecule has 0 aromatic heterocycles. The van der Waals surface area contributed by atoms with Crippen LogP contribution in [0.4, 0.5) is 0 Å². The molecule has 0 fully saturated rings. The summed E-state index contributed by atoms with van der Waals surface area (Å²) in [6.45, 7) is 3.85. The average Bonchev–Trinajstić information content (AvgIpc) is 2.47. The Morgan fingerprint density at radius 2 is 1.61 bits per heavy atom. The second-order valence-electron chi connectivity index (χ2n) is 4.83. The summed E-state index contributed by atoms with van der Waals surface area (Å²) < 4.78 is 0. The zero-order chi connectivity index (χ0) is 12.4. The Bertz CT molecular complexity index is 601. The maximum atomic E-state index is 3.85. The molecule has 1 aliphatic rings. The first-order valence-electron chi connectivity index (χ1n) is 6.40. The topological polar surface area (TPSA) is 0 Å². The van der Waals surface area contributed by atoms with Gasteiger partial charge in [0, 0.05) is 5.57 Å². The van der Waals surface area contributed by atoms with E-state index in [1.165, 1.54) is 22.3 Å². The van der Waals surface area contributed by atoms with Crippen LogP contribution in [0, 0.1) is 0 Å². The van der Waals surface area contributed by atoms with Gasteiger partial charge in [-0.2, -0.15) is 0 Å². The molecule has 0 spiro atoms. The van der Waals surface area contributed by atoms with Gasteiger partial charge in [0.15, 0.2) is 0 Å². The zero-order valence-electron chi connectivity index (χ0n) is 10.4. The number of rotatable bonds is 1. The Labute approximate surface area is 108 Å². The molecule has 1 aliphatic carbocycles. The number of benzene rings is 2. The summed E-state index contributed by atoms with van der Waals surface area (Å²) in [6, 6.07) is 19.4. The minimum atomic E-state index is 0.561. The van der Waals surface area contributed by atoms with Crippen LogP contribution in [0.3, 0.4) is 0 Å². The molecule has 0 aliphatic heterocycles. The van der Waals surface area contributed by atoms with Crippen LogP contribution in [-0.4, -0.2) is 0 Å². The highest BCUT2D eigenvalue weighted by molar-refractivity contribution is 5.70. The molecule has 3 rings (SSSR count). The maximum absolute atomic E-state index is 3.85. The molecule has 0 N–H and O–H groups in total. The number of hydrogen-bond donors (Lipinski definition) is 0. The van der Waals surface area contributed by atoms with Crippen molar-refractivity contribution in [3.05, 3.63) is 83.6 Å². The Morgan fingerprint density at radius 3 is 2.39 bits per heavy atom. The first kappa shape index (κ1) is 11.1. The van der Waals surface area contributed by atoms with Crippen molar-refractivity contribution in [3.63, 3.8) is 0 Å². The quantitative estimate of drug-likeness (QED) is 0.631. The average molecular weight is 232 g/mol. The van der Waals surface area contributed by atoms with E-state index in [1.807, 2.05) is 0 Å². The van der Waals surface area contributed by atoms with Gasteiger partial charge >= 0.3 is 0 Å². The van der Waals surface area contributed by atoms with Crippen molar-refractivity contribution in [2.75, 3.05) is 0 Å². The van der Waals surface area contributed by atoms with Crippen molar-refractivity contribution in [2.45, 2.75) is 18.8 Å². The van der Waals surface area contributed by atoms with E-state index < -0.39 is 0 Å². The third-order valence-corrected chi connectivity index (χ3v) is 3.74. The van der Waals surface area contributed by atoms with Gasteiger partial charge in [-0.1, -0.05) is 61.2 Å². The number of hydrogen-bond acceptors (Lipinski definition) is 0. The molecule has 2 aromatic carbocycles. The fraction of sp³-hybridized carbons (Fsp3) is 0.167. The van der Waals surface area contributed by atoms with Gasteiger partial charge in [0.2, 0.25) is 0 Å². The standard InChI is InChI=1S/C18H16/c1-2-14-12-17(15-8-4-3-5-9-15)13-16-10-6-7-11-18(14)16/h3-11,17H,1,12-13H2. The smallest absolute Gasteiger partial charge is 0.00148 e. The second kappa shape index (κ2) is 4.68. The molecule has 0 bridgehead atoms. The van der Waals surface area contributed by atoms with Crippen LogP contribution in [0.25, 0.3) is 5.57 Å². The fourth-order valence-corrected chi connectivity index (χ4v) is 2.81. The fourth-order valence-electron chi connectivity index (χ4n) is 2.81. The summed E-state index contributed by atoms with van der Waals surface area (Å²) >= 11 is 0. The summed E-state index contributed by atoms with van der Waals surface area (Å²) in [5.41, 5.74) is 8.55. The maximum Gasteiger partial charge on any atom is 0.00148 e. The molecule has 0 heteroatoms. The van der Waals surface area contributed by atoms with Crippen molar-refractivity contribution in [1.29, 1.82) is 0 Å². The largest absolute Gasteiger partial charge is 0.125 e. The predicted molar refractivity (Wildman–Crippen MR) is 76.5 cm³/mol. The van der Waals surface area contributed by atoms with E-state index >= 15 is 0 Å². The van der Waals surface area contributed by atoms with Crippen molar-refractivity contribution in [1.82, 2.24) is 0 Å². The van der Waals surface area contributed by atoms with E-state index in [4.69, 9.17) is 0 Å². The van der Waals surface area contributed by atoms with Crippen LogP contribution in [-0.2, 0) is 6.42 Å². The lowest BCUT2D eigenvalue weighted by Gasteiger charge is -2.26. The molecule has 0 heterocycles. The summed E-state index contributed by atoms with van der Waals surface area (Å²) in [7, 11) is 0. The highest BCUT2D eigenvalue weighted by atomic mass is 14.3. The SMILES string of the molecule is C=C=C1CC(c2ccccc2)Cc2ccccc21. The molecule has 18 heavy (non-hydrogen) atoms. The van der Waals surface area contributed by atoms with Gasteiger partial charge in [0.25, 0.3) is 0 Å². The normalized spacial score (nSPS) is 18.0. The van der Waals surface area contributed by atoms with Crippen molar-refractivity contribution >= 4 is 5.57 Å². The molecule has 0 amide bonds. The summed E-state index contributed by atoms with van der Waals surface area (Å²) in [5, 5.41) is 0. The van der Waals surface area contributed by atoms with Gasteiger partial charge in [0.1, 0.15) is 0 Å². The lowest BCUT2D eigenvalue weighted by molar-refractivity contribution is 0.684. The summed E-state index contributed by atoms with van der Waals surface area (Å²) in [5.74, 6) is 0.561. The van der Waals surface area contributed by atoms with Crippen LogP contribution < -0.4 is 0 Å². The Hall–Kier alpha value is -2.04. The van der Waals surface area contributed by atoms with Gasteiger partial charge in [-0.25, -0.2) is 0 Å². The van der Waals surface area contributed by atoms with Gasteiger partial charge in [-0.15, -0.1) is 5.73 Å². The monoisotopic (exact) mass is 232 g/mol. The molecule has 0 saturated carbocycles. The summed E-state index contributed by atoms with van der Waals surface area (Å²) in [4.78, 5) is 0. The highest BCUT2D eigenvalue weighted by Crippen LogP contribution is 2.38. The van der Waals surface area contributed by atoms with Gasteiger partial charge in [0.05, 0.1) is 0 Å². The molecule has 88 valence electrons. The zero-order valence-corrected chi connectivity index (χ0v) is 10.4. The van der Waals surface area contributed by atoms with E-state index in [0.717, 1.165) is 12.8 Å². The molecular formula is C18H16. The van der Waals surface area contributed by atoms with E-state index in [9.17, 15) is 0 Å². The predicted octanol–water partition coefficient (Wildman–Crippen LogP) is 4.58. The van der Waals surface area contributed by atoms with Crippen molar-refractivity contribution in [3.8, 4) is 0 Å². The summed E-state index contributed by atoms with van der Waals surface area (Å²) in [6.07, 6.45) is 2.16. The minimum Gasteiger partial charge on any atom is -0.125 e. The first-order chi connectivity index (χ1) is 8.88. The second-order valence-corrected chi connectivity index (χ2v) is 4.83. The van der Waals surface area contributed by atoms with E-state index in [2.05, 4.69) is 66.9 Å². The first-order valence-corrected chi connectivity index (χ1v) is 6.40. The van der Waals surface area contributed by atoms with E-state index in [1.54, 1.807) is 0 Å². The molecule has 0 radical (unpaired) electrons. The van der Waals surface area contributed by atoms with Crippen molar-refractivity contribution in [2.24, 2.45) is 0 Å². The van der Waals surface area contributed by atoms with Crippen LogP contribution >= 0.6 is 0 Å². The van der Waals surface area contributed by atoms with Crippen LogP contribution in [0.5, 0.6) is 0 Å². The molecule has 0 nitrogen and oxygen atoms in total. The van der Waals surface area contributed by atoms with Crippen LogP contribution in [0.2, 0.25) is 0 Å². The number of fused-ring (bicyclic) bond motifs is 1. The Balaban J connectivity index is 2.03. The Kier molecular flexibility index (Phi) is 2.88. The lowest BCUT2D eigenvalue weighted by atomic mass is 9.78. The van der Waals surface area contributed by atoms with Crippen molar-refractivity contribution < 1.29 is 0 Å². The number of allylic oxidation sites excluding steroid dienone is 1. The van der Waals surface area contributed by atoms with Gasteiger partial charge < -0.3 is 0 Å². The molecule has 0 saturated heterocycles. The minimum absolute atomic E-state index is 0.561. The van der Waals surface area contributed by atoms with E-state index in [0.29, 0.717) is 5.92 Å². The van der Waals surface area contributed by atoms with Crippen LogP contribution in [0.15, 0.2) is 66.9 Å². The molecule has 2 aromatic rings. The third kappa shape index (κ3) is 1.92. The molecule has 1 unspecified atom stereocenters. The van der Waals surface area contributed by atoms with E-state index in [-0.39, 0.29) is 0 Å². The van der Waals surface area contributed by atoms with Crippen LogP contribution in [0.1, 0.15) is 29.0 Å². The highest BCUT2D eigenvalue weighted by Gasteiger charge is 2.22. The molecular weight excluding hydrogens is 216 g/mol.